The van der Waals surface area contributed by atoms with E-state index in [0.717, 1.165) is 31.2 Å². The van der Waals surface area contributed by atoms with Crippen LogP contribution in [0.2, 0.25) is 0 Å². The summed E-state index contributed by atoms with van der Waals surface area (Å²) in [5, 5.41) is 4.67. The first kappa shape index (κ1) is 15.7. The standard InChI is InChI=1S/C17H18N2O3S2/c20-17(13-5-6-13)18-14-8-7-12-3-1-9-19(15(12)11-14)24(21,22)16-4-2-10-23-16/h2,4,7-8,10-11,13H,1,3,5-6,9H2,(H,18,20). The molecular weight excluding hydrogens is 344 g/mol. The Morgan fingerprint density at radius 3 is 2.79 bits per heavy atom. The molecule has 2 aromatic rings. The highest BCUT2D eigenvalue weighted by molar-refractivity contribution is 7.94. The van der Waals surface area contributed by atoms with Crippen molar-refractivity contribution in [2.24, 2.45) is 5.92 Å². The van der Waals surface area contributed by atoms with Crippen molar-refractivity contribution in [2.75, 3.05) is 16.2 Å². The summed E-state index contributed by atoms with van der Waals surface area (Å²) in [4.78, 5) is 12.0. The van der Waals surface area contributed by atoms with Crippen LogP contribution in [0.5, 0.6) is 0 Å². The lowest BCUT2D eigenvalue weighted by atomic mass is 10.0. The Hall–Kier alpha value is -1.86. The summed E-state index contributed by atoms with van der Waals surface area (Å²) < 4.78 is 27.7. The van der Waals surface area contributed by atoms with Gasteiger partial charge in [0.05, 0.1) is 5.69 Å². The number of nitrogens with zero attached hydrogens (tertiary/aromatic N) is 1. The van der Waals surface area contributed by atoms with Crippen molar-refractivity contribution >= 4 is 38.6 Å². The molecule has 0 radical (unpaired) electrons. The van der Waals surface area contributed by atoms with Crippen LogP contribution in [0.1, 0.15) is 24.8 Å². The van der Waals surface area contributed by atoms with Crippen LogP contribution in [-0.2, 0) is 21.2 Å². The van der Waals surface area contributed by atoms with Crippen LogP contribution in [0.15, 0.2) is 39.9 Å². The molecule has 7 heteroatoms. The van der Waals surface area contributed by atoms with Crippen molar-refractivity contribution in [1.29, 1.82) is 0 Å². The first-order chi connectivity index (χ1) is 11.6. The SMILES string of the molecule is O=C(Nc1ccc2c(c1)N(S(=O)(=O)c1cccs1)CCC2)C1CC1. The van der Waals surface area contributed by atoms with E-state index in [1.165, 1.54) is 15.6 Å². The molecule has 24 heavy (non-hydrogen) atoms. The molecule has 0 saturated heterocycles. The zero-order valence-electron chi connectivity index (χ0n) is 13.1. The van der Waals surface area contributed by atoms with E-state index in [-0.39, 0.29) is 11.8 Å². The number of hydrogen-bond donors (Lipinski definition) is 1. The molecule has 1 aliphatic carbocycles. The third-order valence-electron chi connectivity index (χ3n) is 4.42. The Morgan fingerprint density at radius 1 is 1.25 bits per heavy atom. The molecule has 2 aliphatic rings. The van der Waals surface area contributed by atoms with Crippen LogP contribution in [0.4, 0.5) is 11.4 Å². The van der Waals surface area contributed by atoms with Crippen LogP contribution in [-0.4, -0.2) is 20.9 Å². The Bertz CT molecular complexity index is 871. The second-order valence-corrected chi connectivity index (χ2v) is 9.26. The molecular formula is C17H18N2O3S2. The number of fused-ring (bicyclic) bond motifs is 1. The summed E-state index contributed by atoms with van der Waals surface area (Å²) >= 11 is 1.23. The minimum absolute atomic E-state index is 0.0263. The first-order valence-electron chi connectivity index (χ1n) is 8.06. The van der Waals surface area contributed by atoms with Crippen LogP contribution in [0.25, 0.3) is 0 Å². The molecule has 2 heterocycles. The fraction of sp³-hybridized carbons (Fsp3) is 0.353. The van der Waals surface area contributed by atoms with Gasteiger partial charge in [0.1, 0.15) is 4.21 Å². The van der Waals surface area contributed by atoms with Gasteiger partial charge in [-0.3, -0.25) is 9.10 Å². The summed E-state index contributed by atoms with van der Waals surface area (Å²) in [5.74, 6) is 0.144. The average molecular weight is 362 g/mol. The molecule has 0 bridgehead atoms. The van der Waals surface area contributed by atoms with Crippen molar-refractivity contribution in [3.8, 4) is 0 Å². The van der Waals surface area contributed by atoms with E-state index in [2.05, 4.69) is 5.32 Å². The Balaban J connectivity index is 1.69. The number of thiophene rings is 1. The molecule has 0 spiro atoms. The zero-order chi connectivity index (χ0) is 16.7. The summed E-state index contributed by atoms with van der Waals surface area (Å²) in [7, 11) is -3.54. The van der Waals surface area contributed by atoms with E-state index >= 15 is 0 Å². The summed E-state index contributed by atoms with van der Waals surface area (Å²) in [6.45, 7) is 0.466. The van der Waals surface area contributed by atoms with Crippen molar-refractivity contribution in [1.82, 2.24) is 0 Å². The molecule has 0 atom stereocenters. The van der Waals surface area contributed by atoms with Gasteiger partial charge in [0.25, 0.3) is 10.0 Å². The second-order valence-electron chi connectivity index (χ2n) is 6.22. The molecule has 1 amide bonds. The molecule has 1 aromatic carbocycles. The van der Waals surface area contributed by atoms with E-state index < -0.39 is 10.0 Å². The maximum Gasteiger partial charge on any atom is 0.273 e. The normalized spacial score (nSPS) is 17.4. The summed E-state index contributed by atoms with van der Waals surface area (Å²) in [5.41, 5.74) is 2.35. The van der Waals surface area contributed by atoms with Gasteiger partial charge in [0.15, 0.2) is 0 Å². The molecule has 126 valence electrons. The van der Waals surface area contributed by atoms with Crippen molar-refractivity contribution in [3.05, 3.63) is 41.3 Å². The highest BCUT2D eigenvalue weighted by atomic mass is 32.2. The number of sulfonamides is 1. The number of rotatable bonds is 4. The fourth-order valence-electron chi connectivity index (χ4n) is 2.98. The number of aryl methyl sites for hydroxylation is 1. The third-order valence-corrected chi connectivity index (χ3v) is 7.60. The largest absolute Gasteiger partial charge is 0.326 e. The minimum atomic E-state index is -3.54. The smallest absolute Gasteiger partial charge is 0.273 e. The van der Waals surface area contributed by atoms with E-state index in [9.17, 15) is 13.2 Å². The quantitative estimate of drug-likeness (QED) is 0.908. The predicted octanol–water partition coefficient (Wildman–Crippen LogP) is 3.24. The predicted molar refractivity (Wildman–Crippen MR) is 95.0 cm³/mol. The first-order valence-corrected chi connectivity index (χ1v) is 10.4. The monoisotopic (exact) mass is 362 g/mol. The fourth-order valence-corrected chi connectivity index (χ4v) is 5.61. The van der Waals surface area contributed by atoms with E-state index in [1.807, 2.05) is 12.1 Å². The molecule has 0 unspecified atom stereocenters. The van der Waals surface area contributed by atoms with Gasteiger partial charge in [0.2, 0.25) is 5.91 Å². The number of amides is 1. The van der Waals surface area contributed by atoms with Gasteiger partial charge in [0, 0.05) is 18.2 Å². The molecule has 1 fully saturated rings. The van der Waals surface area contributed by atoms with Crippen molar-refractivity contribution in [2.45, 2.75) is 29.9 Å². The Labute approximate surface area is 145 Å². The molecule has 5 nitrogen and oxygen atoms in total. The van der Waals surface area contributed by atoms with E-state index in [4.69, 9.17) is 0 Å². The van der Waals surface area contributed by atoms with Crippen LogP contribution in [0, 0.1) is 5.92 Å². The lowest BCUT2D eigenvalue weighted by Gasteiger charge is -2.30. The van der Waals surface area contributed by atoms with Gasteiger partial charge in [-0.1, -0.05) is 12.1 Å². The van der Waals surface area contributed by atoms with Gasteiger partial charge in [-0.05, 0) is 54.8 Å². The molecule has 1 aromatic heterocycles. The van der Waals surface area contributed by atoms with Crippen LogP contribution in [0.3, 0.4) is 0 Å². The molecule has 1 N–H and O–H groups in total. The maximum absolute atomic E-state index is 12.9. The summed E-state index contributed by atoms with van der Waals surface area (Å²) in [6.07, 6.45) is 3.53. The van der Waals surface area contributed by atoms with E-state index in [1.54, 1.807) is 23.6 Å². The lowest BCUT2D eigenvalue weighted by molar-refractivity contribution is -0.117. The minimum Gasteiger partial charge on any atom is -0.326 e. The topological polar surface area (TPSA) is 66.5 Å². The maximum atomic E-state index is 12.9. The van der Waals surface area contributed by atoms with Crippen LogP contribution < -0.4 is 9.62 Å². The molecule has 4 rings (SSSR count). The molecule has 1 aliphatic heterocycles. The second kappa shape index (κ2) is 5.89. The summed E-state index contributed by atoms with van der Waals surface area (Å²) in [6, 6.07) is 8.95. The zero-order valence-corrected chi connectivity index (χ0v) is 14.7. The van der Waals surface area contributed by atoms with E-state index in [0.29, 0.717) is 22.1 Å². The van der Waals surface area contributed by atoms with Gasteiger partial charge < -0.3 is 5.32 Å². The Kier molecular flexibility index (Phi) is 3.85. The number of nitrogens with one attached hydrogen (secondary N) is 1. The number of benzene rings is 1. The number of hydrogen-bond acceptors (Lipinski definition) is 4. The van der Waals surface area contributed by atoms with Crippen molar-refractivity contribution in [3.63, 3.8) is 0 Å². The molecule has 1 saturated carbocycles. The van der Waals surface area contributed by atoms with Gasteiger partial charge in [-0.15, -0.1) is 11.3 Å². The van der Waals surface area contributed by atoms with Gasteiger partial charge in [-0.25, -0.2) is 8.42 Å². The van der Waals surface area contributed by atoms with Crippen LogP contribution >= 0.6 is 11.3 Å². The number of anilines is 2. The highest BCUT2D eigenvalue weighted by Gasteiger charge is 2.32. The van der Waals surface area contributed by atoms with Gasteiger partial charge >= 0.3 is 0 Å². The Morgan fingerprint density at radius 2 is 2.08 bits per heavy atom. The highest BCUT2D eigenvalue weighted by Crippen LogP contribution is 2.36. The average Bonchev–Trinajstić information content (AvgIpc) is 3.28. The number of carbonyl (C=O) groups is 1. The third kappa shape index (κ3) is 2.82. The van der Waals surface area contributed by atoms with Gasteiger partial charge in [-0.2, -0.15) is 0 Å². The lowest BCUT2D eigenvalue weighted by Crippen LogP contribution is -2.35. The number of carbonyl (C=O) groups excluding carboxylic acids is 1. The van der Waals surface area contributed by atoms with Crippen molar-refractivity contribution < 1.29 is 13.2 Å².